The zero-order valence-corrected chi connectivity index (χ0v) is 21.7. The molecule has 0 bridgehead atoms. The van der Waals surface area contributed by atoms with E-state index in [2.05, 4.69) is 108 Å². The van der Waals surface area contributed by atoms with Crippen molar-refractivity contribution in [1.29, 1.82) is 0 Å². The predicted octanol–water partition coefficient (Wildman–Crippen LogP) is 10.9. The Balaban J connectivity index is 1.50. The SMILES string of the molecule is c1ccc2c(c1)ccc1c2cc2c3c4oc5ccccc5c4ccc3n3c4ccc5c6ccccc6oc5c4c1c23. The van der Waals surface area contributed by atoms with Gasteiger partial charge in [0.15, 0.2) is 0 Å². The maximum absolute atomic E-state index is 6.65. The second-order valence-corrected chi connectivity index (χ2v) is 11.2. The van der Waals surface area contributed by atoms with Gasteiger partial charge in [-0.2, -0.15) is 0 Å². The van der Waals surface area contributed by atoms with E-state index in [-0.39, 0.29) is 0 Å². The summed E-state index contributed by atoms with van der Waals surface area (Å²) in [6, 6.07) is 41.3. The Hall–Kier alpha value is -5.54. The molecule has 0 spiro atoms. The minimum absolute atomic E-state index is 0.920. The molecular weight excluding hydrogens is 502 g/mol. The molecule has 0 saturated heterocycles. The Morgan fingerprint density at radius 1 is 0.390 bits per heavy atom. The Bertz CT molecular complexity index is 2910. The number of aromatic nitrogens is 1. The first-order valence-corrected chi connectivity index (χ1v) is 14.0. The fourth-order valence-corrected chi connectivity index (χ4v) is 7.62. The van der Waals surface area contributed by atoms with E-state index in [0.717, 1.165) is 54.9 Å². The van der Waals surface area contributed by atoms with Crippen molar-refractivity contribution in [1.82, 2.24) is 4.40 Å². The van der Waals surface area contributed by atoms with Crippen molar-refractivity contribution < 1.29 is 8.83 Å². The number of nitrogens with zero attached hydrogens (tertiary/aromatic N) is 1. The topological polar surface area (TPSA) is 30.7 Å². The molecule has 0 saturated carbocycles. The number of furan rings is 2. The van der Waals surface area contributed by atoms with Gasteiger partial charge in [0.25, 0.3) is 0 Å². The lowest BCUT2D eigenvalue weighted by atomic mass is 9.95. The minimum Gasteiger partial charge on any atom is -0.455 e. The second kappa shape index (κ2) is 6.78. The molecule has 0 fully saturated rings. The van der Waals surface area contributed by atoms with Crippen molar-refractivity contribution in [3.63, 3.8) is 0 Å². The van der Waals surface area contributed by atoms with E-state index in [1.165, 1.54) is 48.6 Å². The van der Waals surface area contributed by atoms with Crippen LogP contribution in [0, 0.1) is 0 Å². The van der Waals surface area contributed by atoms with Gasteiger partial charge in [-0.15, -0.1) is 0 Å². The lowest BCUT2D eigenvalue weighted by molar-refractivity contribution is 0.672. The molecule has 4 heterocycles. The van der Waals surface area contributed by atoms with Gasteiger partial charge >= 0.3 is 0 Å². The third-order valence-corrected chi connectivity index (χ3v) is 9.30. The van der Waals surface area contributed by atoms with Gasteiger partial charge in [0.2, 0.25) is 0 Å². The Labute approximate surface area is 231 Å². The number of para-hydroxylation sites is 2. The zero-order chi connectivity index (χ0) is 26.4. The molecule has 11 aromatic rings. The number of rotatable bonds is 0. The van der Waals surface area contributed by atoms with Crippen molar-refractivity contribution in [2.24, 2.45) is 0 Å². The summed E-state index contributed by atoms with van der Waals surface area (Å²) in [5.74, 6) is 0. The Morgan fingerprint density at radius 3 is 1.71 bits per heavy atom. The average molecular weight is 522 g/mol. The molecular formula is C38H19NO2. The molecule has 0 unspecified atom stereocenters. The van der Waals surface area contributed by atoms with Crippen LogP contribution in [0.4, 0.5) is 0 Å². The average Bonchev–Trinajstić information content (AvgIpc) is 3.76. The maximum Gasteiger partial charge on any atom is 0.145 e. The third-order valence-electron chi connectivity index (χ3n) is 9.30. The van der Waals surface area contributed by atoms with Crippen molar-refractivity contribution in [3.05, 3.63) is 115 Å². The maximum atomic E-state index is 6.65. The molecule has 3 nitrogen and oxygen atoms in total. The van der Waals surface area contributed by atoms with E-state index in [1.54, 1.807) is 0 Å². The summed E-state index contributed by atoms with van der Waals surface area (Å²) in [4.78, 5) is 0. The first-order chi connectivity index (χ1) is 20.3. The van der Waals surface area contributed by atoms with Gasteiger partial charge in [-0.25, -0.2) is 0 Å². The highest BCUT2D eigenvalue weighted by Gasteiger charge is 2.26. The fraction of sp³-hybridized carbons (Fsp3) is 0. The summed E-state index contributed by atoms with van der Waals surface area (Å²) in [6.45, 7) is 0. The van der Waals surface area contributed by atoms with Crippen LogP contribution < -0.4 is 0 Å². The Morgan fingerprint density at radius 2 is 0.976 bits per heavy atom. The highest BCUT2D eigenvalue weighted by Crippen LogP contribution is 2.49. The largest absolute Gasteiger partial charge is 0.455 e. The van der Waals surface area contributed by atoms with E-state index in [0.29, 0.717) is 0 Å². The molecule has 0 aliphatic rings. The van der Waals surface area contributed by atoms with Gasteiger partial charge in [0.05, 0.1) is 27.3 Å². The number of fused-ring (bicyclic) bond motifs is 18. The molecule has 0 aliphatic heterocycles. The predicted molar refractivity (Wildman–Crippen MR) is 171 cm³/mol. The van der Waals surface area contributed by atoms with Crippen LogP contribution in [0.1, 0.15) is 0 Å². The molecule has 0 aliphatic carbocycles. The molecule has 4 aromatic heterocycles. The molecule has 41 heavy (non-hydrogen) atoms. The number of hydrogen-bond acceptors (Lipinski definition) is 2. The monoisotopic (exact) mass is 521 g/mol. The van der Waals surface area contributed by atoms with E-state index in [1.807, 2.05) is 12.1 Å². The van der Waals surface area contributed by atoms with Crippen molar-refractivity contribution >= 4 is 104 Å². The summed E-state index contributed by atoms with van der Waals surface area (Å²) in [5.41, 5.74) is 7.27. The van der Waals surface area contributed by atoms with Gasteiger partial charge < -0.3 is 13.2 Å². The fourth-order valence-electron chi connectivity index (χ4n) is 7.62. The number of hydrogen-bond donors (Lipinski definition) is 0. The Kier molecular flexibility index (Phi) is 3.37. The highest BCUT2D eigenvalue weighted by molar-refractivity contribution is 6.39. The van der Waals surface area contributed by atoms with Crippen molar-refractivity contribution in [2.75, 3.05) is 0 Å². The van der Waals surface area contributed by atoms with Crippen LogP contribution in [0.2, 0.25) is 0 Å². The van der Waals surface area contributed by atoms with Gasteiger partial charge in [0, 0.05) is 32.3 Å². The summed E-state index contributed by atoms with van der Waals surface area (Å²) >= 11 is 0. The van der Waals surface area contributed by atoms with Crippen LogP contribution in [0.5, 0.6) is 0 Å². The first kappa shape index (κ1) is 20.4. The molecule has 7 aromatic carbocycles. The molecule has 11 rings (SSSR count). The zero-order valence-electron chi connectivity index (χ0n) is 21.7. The lowest BCUT2D eigenvalue weighted by Crippen LogP contribution is -1.81. The summed E-state index contributed by atoms with van der Waals surface area (Å²) < 4.78 is 15.7. The quantitative estimate of drug-likeness (QED) is 0.186. The first-order valence-electron chi connectivity index (χ1n) is 14.0. The summed E-state index contributed by atoms with van der Waals surface area (Å²) in [6.07, 6.45) is 0. The van der Waals surface area contributed by atoms with E-state index < -0.39 is 0 Å². The standard InChI is InChI=1S/C38H19NO2/c1-2-8-21-20(7-1)13-14-24-27(21)19-28-33-29(17-15-25-22-9-3-5-11-31(22)40-37(25)33)39-30-18-16-26-23-10-4-6-12-32(23)41-38(26)35(30)34(24)36(28)39/h1-19H. The van der Waals surface area contributed by atoms with Gasteiger partial charge in [-0.1, -0.05) is 72.8 Å². The van der Waals surface area contributed by atoms with Gasteiger partial charge in [0.1, 0.15) is 22.3 Å². The normalized spacial score (nSPS) is 12.9. The molecule has 188 valence electrons. The van der Waals surface area contributed by atoms with Crippen LogP contribution in [-0.4, -0.2) is 4.40 Å². The van der Waals surface area contributed by atoms with Crippen LogP contribution in [-0.2, 0) is 0 Å². The van der Waals surface area contributed by atoms with Crippen LogP contribution >= 0.6 is 0 Å². The van der Waals surface area contributed by atoms with Crippen molar-refractivity contribution in [2.45, 2.75) is 0 Å². The van der Waals surface area contributed by atoms with E-state index >= 15 is 0 Å². The van der Waals surface area contributed by atoms with E-state index in [9.17, 15) is 0 Å². The van der Waals surface area contributed by atoms with Gasteiger partial charge in [-0.05, 0) is 64.0 Å². The third kappa shape index (κ3) is 2.27. The molecule has 0 N–H and O–H groups in total. The van der Waals surface area contributed by atoms with Gasteiger partial charge in [-0.3, -0.25) is 0 Å². The highest BCUT2D eigenvalue weighted by atomic mass is 16.3. The molecule has 3 heteroatoms. The summed E-state index contributed by atoms with van der Waals surface area (Å²) in [7, 11) is 0. The summed E-state index contributed by atoms with van der Waals surface area (Å²) in [5, 5.41) is 14.4. The van der Waals surface area contributed by atoms with E-state index in [4.69, 9.17) is 8.83 Å². The molecule has 0 radical (unpaired) electrons. The smallest absolute Gasteiger partial charge is 0.145 e. The van der Waals surface area contributed by atoms with Crippen LogP contribution in [0.3, 0.4) is 0 Å². The number of benzene rings is 7. The van der Waals surface area contributed by atoms with Crippen LogP contribution in [0.25, 0.3) is 104 Å². The minimum atomic E-state index is 0.920. The lowest BCUT2D eigenvalue weighted by Gasteiger charge is -2.07. The van der Waals surface area contributed by atoms with Crippen molar-refractivity contribution in [3.8, 4) is 0 Å². The second-order valence-electron chi connectivity index (χ2n) is 11.2. The molecule has 0 amide bonds. The molecule has 0 atom stereocenters. The van der Waals surface area contributed by atoms with Crippen LogP contribution in [0.15, 0.2) is 124 Å².